The number of nitrogens with two attached hydrogens (primary N) is 1. The van der Waals surface area contributed by atoms with E-state index < -0.39 is 0 Å². The Morgan fingerprint density at radius 1 is 1.28 bits per heavy atom. The fraction of sp³-hybridized carbons (Fsp3) is 0.214. The molecule has 0 bridgehead atoms. The standard InChI is InChI=1S/C14H15N3O/c1-17-8-12(9-2-4-10(15)5-3-9)11-6-7-16-13(11)14(17)18/h2-8,11,13,16H,15H2,1H3. The highest BCUT2D eigenvalue weighted by Gasteiger charge is 2.37. The molecule has 0 saturated heterocycles. The van der Waals surface area contributed by atoms with Crippen LogP contribution >= 0.6 is 0 Å². The van der Waals surface area contributed by atoms with Crippen LogP contribution in [0.5, 0.6) is 0 Å². The molecule has 0 fully saturated rings. The van der Waals surface area contributed by atoms with E-state index >= 15 is 0 Å². The molecule has 2 aliphatic rings. The van der Waals surface area contributed by atoms with Crippen LogP contribution in [0.2, 0.25) is 0 Å². The van der Waals surface area contributed by atoms with E-state index in [0.717, 1.165) is 16.8 Å². The van der Waals surface area contributed by atoms with Crippen LogP contribution in [0.3, 0.4) is 0 Å². The quantitative estimate of drug-likeness (QED) is 0.726. The van der Waals surface area contributed by atoms with Crippen molar-refractivity contribution in [2.75, 3.05) is 12.8 Å². The zero-order valence-corrected chi connectivity index (χ0v) is 10.1. The smallest absolute Gasteiger partial charge is 0.249 e. The number of nitrogen functional groups attached to an aromatic ring is 1. The highest BCUT2D eigenvalue weighted by atomic mass is 16.2. The average molecular weight is 241 g/mol. The third-order valence-corrected chi connectivity index (χ3v) is 3.49. The SMILES string of the molecule is CN1C=C(c2ccc(N)cc2)C2C=CNC2C1=O. The second-order valence-electron chi connectivity index (χ2n) is 4.68. The van der Waals surface area contributed by atoms with Gasteiger partial charge in [0.15, 0.2) is 0 Å². The van der Waals surface area contributed by atoms with Gasteiger partial charge in [0, 0.05) is 24.9 Å². The van der Waals surface area contributed by atoms with Crippen molar-refractivity contribution in [1.29, 1.82) is 0 Å². The van der Waals surface area contributed by atoms with E-state index in [1.807, 2.05) is 42.7 Å². The maximum Gasteiger partial charge on any atom is 0.249 e. The lowest BCUT2D eigenvalue weighted by Gasteiger charge is -2.31. The summed E-state index contributed by atoms with van der Waals surface area (Å²) in [7, 11) is 1.79. The number of carbonyl (C=O) groups is 1. The van der Waals surface area contributed by atoms with Crippen LogP contribution in [-0.4, -0.2) is 23.9 Å². The number of nitrogens with one attached hydrogen (secondary N) is 1. The number of likely N-dealkylation sites (N-methyl/N-ethyl adjacent to an activating group) is 1. The van der Waals surface area contributed by atoms with Gasteiger partial charge in [-0.15, -0.1) is 0 Å². The molecular weight excluding hydrogens is 226 g/mol. The van der Waals surface area contributed by atoms with Crippen molar-refractivity contribution >= 4 is 17.2 Å². The van der Waals surface area contributed by atoms with Gasteiger partial charge in [-0.3, -0.25) is 4.79 Å². The van der Waals surface area contributed by atoms with Gasteiger partial charge >= 0.3 is 0 Å². The number of anilines is 1. The molecule has 3 rings (SSSR count). The summed E-state index contributed by atoms with van der Waals surface area (Å²) in [5.41, 5.74) is 8.69. The first-order valence-electron chi connectivity index (χ1n) is 5.94. The summed E-state index contributed by atoms with van der Waals surface area (Å²) in [6.45, 7) is 0. The summed E-state index contributed by atoms with van der Waals surface area (Å²) in [6.07, 6.45) is 5.81. The van der Waals surface area contributed by atoms with Crippen LogP contribution in [0.15, 0.2) is 42.7 Å². The van der Waals surface area contributed by atoms with Gasteiger partial charge < -0.3 is 16.0 Å². The van der Waals surface area contributed by atoms with E-state index in [9.17, 15) is 4.79 Å². The predicted octanol–water partition coefficient (Wildman–Crippen LogP) is 1.18. The molecule has 0 saturated carbocycles. The normalized spacial score (nSPS) is 25.7. The summed E-state index contributed by atoms with van der Waals surface area (Å²) in [5, 5.41) is 3.11. The molecule has 4 nitrogen and oxygen atoms in total. The van der Waals surface area contributed by atoms with Gasteiger partial charge in [-0.2, -0.15) is 0 Å². The monoisotopic (exact) mass is 241 g/mol. The Balaban J connectivity index is 2.04. The van der Waals surface area contributed by atoms with Crippen LogP contribution in [0.1, 0.15) is 5.56 Å². The second kappa shape index (κ2) is 3.91. The Kier molecular flexibility index (Phi) is 2.37. The lowest BCUT2D eigenvalue weighted by molar-refractivity contribution is -0.130. The molecule has 1 aromatic rings. The van der Waals surface area contributed by atoms with Gasteiger partial charge in [-0.05, 0) is 29.5 Å². The lowest BCUT2D eigenvalue weighted by atomic mass is 9.86. The van der Waals surface area contributed by atoms with E-state index in [-0.39, 0.29) is 17.9 Å². The molecule has 0 aliphatic carbocycles. The minimum Gasteiger partial charge on any atom is -0.399 e. The van der Waals surface area contributed by atoms with Crippen LogP contribution in [0.4, 0.5) is 5.69 Å². The molecule has 1 amide bonds. The van der Waals surface area contributed by atoms with Crippen molar-refractivity contribution in [3.05, 3.63) is 48.3 Å². The summed E-state index contributed by atoms with van der Waals surface area (Å²) in [4.78, 5) is 13.6. The largest absolute Gasteiger partial charge is 0.399 e. The van der Waals surface area contributed by atoms with Gasteiger partial charge in [0.25, 0.3) is 0 Å². The molecule has 18 heavy (non-hydrogen) atoms. The highest BCUT2D eigenvalue weighted by Crippen LogP contribution is 2.34. The van der Waals surface area contributed by atoms with Gasteiger partial charge in [-0.25, -0.2) is 0 Å². The van der Waals surface area contributed by atoms with Crippen molar-refractivity contribution in [1.82, 2.24) is 10.2 Å². The fourth-order valence-electron chi connectivity index (χ4n) is 2.51. The summed E-state index contributed by atoms with van der Waals surface area (Å²) < 4.78 is 0. The second-order valence-corrected chi connectivity index (χ2v) is 4.68. The van der Waals surface area contributed by atoms with Gasteiger partial charge in [0.05, 0.1) is 0 Å². The third-order valence-electron chi connectivity index (χ3n) is 3.49. The number of benzene rings is 1. The fourth-order valence-corrected chi connectivity index (χ4v) is 2.51. The van der Waals surface area contributed by atoms with E-state index in [1.54, 1.807) is 11.9 Å². The zero-order chi connectivity index (χ0) is 12.7. The van der Waals surface area contributed by atoms with E-state index in [2.05, 4.69) is 5.32 Å². The molecule has 4 heteroatoms. The number of amides is 1. The minimum atomic E-state index is -0.174. The van der Waals surface area contributed by atoms with E-state index in [0.29, 0.717) is 0 Å². The number of fused-ring (bicyclic) bond motifs is 1. The Morgan fingerprint density at radius 3 is 2.72 bits per heavy atom. The molecule has 3 N–H and O–H groups in total. The first kappa shape index (κ1) is 10.9. The van der Waals surface area contributed by atoms with Crippen molar-refractivity contribution in [3.8, 4) is 0 Å². The van der Waals surface area contributed by atoms with Crippen molar-refractivity contribution in [3.63, 3.8) is 0 Å². The van der Waals surface area contributed by atoms with Crippen molar-refractivity contribution < 1.29 is 4.79 Å². The summed E-state index contributed by atoms with van der Waals surface area (Å²) >= 11 is 0. The average Bonchev–Trinajstić information content (AvgIpc) is 2.84. The molecular formula is C14H15N3O. The Hall–Kier alpha value is -2.23. The van der Waals surface area contributed by atoms with Gasteiger partial charge in [0.2, 0.25) is 5.91 Å². The topological polar surface area (TPSA) is 58.4 Å². The Bertz CT molecular complexity index is 545. The number of hydrogen-bond donors (Lipinski definition) is 2. The minimum absolute atomic E-state index is 0.101. The number of hydrogen-bond acceptors (Lipinski definition) is 3. The third kappa shape index (κ3) is 1.57. The molecule has 2 heterocycles. The summed E-state index contributed by atoms with van der Waals surface area (Å²) in [5.74, 6) is 0.210. The van der Waals surface area contributed by atoms with Crippen LogP contribution in [-0.2, 0) is 4.79 Å². The predicted molar refractivity (Wildman–Crippen MR) is 71.2 cm³/mol. The highest BCUT2D eigenvalue weighted by molar-refractivity contribution is 5.92. The van der Waals surface area contributed by atoms with E-state index in [4.69, 9.17) is 5.73 Å². The Morgan fingerprint density at radius 2 is 2.00 bits per heavy atom. The Labute approximate surface area is 106 Å². The van der Waals surface area contributed by atoms with Crippen LogP contribution in [0.25, 0.3) is 5.57 Å². The molecule has 1 aromatic carbocycles. The van der Waals surface area contributed by atoms with Crippen LogP contribution in [0, 0.1) is 5.92 Å². The number of nitrogens with zero attached hydrogens (tertiary/aromatic N) is 1. The zero-order valence-electron chi connectivity index (χ0n) is 10.1. The summed E-state index contributed by atoms with van der Waals surface area (Å²) in [6, 6.07) is 7.58. The first-order valence-corrected chi connectivity index (χ1v) is 5.94. The molecule has 92 valence electrons. The molecule has 2 unspecified atom stereocenters. The van der Waals surface area contributed by atoms with Crippen LogP contribution < -0.4 is 11.1 Å². The first-order chi connectivity index (χ1) is 8.66. The molecule has 0 spiro atoms. The number of rotatable bonds is 1. The maximum absolute atomic E-state index is 12.0. The lowest BCUT2D eigenvalue weighted by Crippen LogP contribution is -2.46. The van der Waals surface area contributed by atoms with Crippen molar-refractivity contribution in [2.24, 2.45) is 5.92 Å². The number of carbonyl (C=O) groups excluding carboxylic acids is 1. The van der Waals surface area contributed by atoms with Gasteiger partial charge in [-0.1, -0.05) is 18.2 Å². The molecule has 2 aliphatic heterocycles. The maximum atomic E-state index is 12.0. The molecule has 0 aromatic heterocycles. The molecule has 0 radical (unpaired) electrons. The van der Waals surface area contributed by atoms with Crippen molar-refractivity contribution in [2.45, 2.75) is 6.04 Å². The van der Waals surface area contributed by atoms with E-state index in [1.165, 1.54) is 0 Å². The molecule has 2 atom stereocenters. The van der Waals surface area contributed by atoms with Gasteiger partial charge in [0.1, 0.15) is 6.04 Å².